The lowest BCUT2D eigenvalue weighted by atomic mass is 10.2. The highest BCUT2D eigenvalue weighted by Gasteiger charge is 2.16. The second-order valence-electron chi connectivity index (χ2n) is 6.73. The summed E-state index contributed by atoms with van der Waals surface area (Å²) in [6.07, 6.45) is 1.72. The van der Waals surface area contributed by atoms with E-state index in [2.05, 4.69) is 31.3 Å². The zero-order valence-corrected chi connectivity index (χ0v) is 19.8. The van der Waals surface area contributed by atoms with Gasteiger partial charge in [0.05, 0.1) is 16.2 Å². The number of pyridine rings is 1. The number of halogens is 1. The molecule has 0 unspecified atom stereocenters. The van der Waals surface area contributed by atoms with Crippen LogP contribution in [-0.2, 0) is 21.2 Å². The maximum Gasteiger partial charge on any atom is 0.263 e. The van der Waals surface area contributed by atoms with Crippen molar-refractivity contribution in [3.05, 3.63) is 64.9 Å². The van der Waals surface area contributed by atoms with E-state index in [9.17, 15) is 18.5 Å². The minimum absolute atomic E-state index is 0.0118. The highest BCUT2D eigenvalue weighted by atomic mass is 35.5. The number of aromatic nitrogens is 3. The van der Waals surface area contributed by atoms with Gasteiger partial charge >= 0.3 is 0 Å². The van der Waals surface area contributed by atoms with Gasteiger partial charge in [-0.2, -0.15) is 5.26 Å². The summed E-state index contributed by atoms with van der Waals surface area (Å²) in [5.74, 6) is -0.229. The molecule has 0 radical (unpaired) electrons. The number of aryl methyl sites for hydroxylation is 1. The molecule has 2 aromatic heterocycles. The molecule has 2 N–H and O–H groups in total. The third-order valence-corrected chi connectivity index (χ3v) is 6.77. The quantitative estimate of drug-likeness (QED) is 0.420. The Bertz CT molecular complexity index is 1280. The van der Waals surface area contributed by atoms with Crippen molar-refractivity contribution in [3.63, 3.8) is 0 Å². The van der Waals surface area contributed by atoms with E-state index in [0.717, 1.165) is 18.5 Å². The molecule has 0 saturated carbocycles. The van der Waals surface area contributed by atoms with Crippen molar-refractivity contribution in [2.45, 2.75) is 29.7 Å². The maximum atomic E-state index is 12.5. The fourth-order valence-corrected chi connectivity index (χ4v) is 4.57. The number of hydrogen-bond acceptors (Lipinski definition) is 8. The molecule has 3 aromatic rings. The Morgan fingerprint density at radius 3 is 2.52 bits per heavy atom. The molecule has 33 heavy (non-hydrogen) atoms. The zero-order chi connectivity index (χ0) is 23.8. The van der Waals surface area contributed by atoms with Crippen LogP contribution in [0.25, 0.3) is 0 Å². The largest absolute Gasteiger partial charge is 0.325 e. The summed E-state index contributed by atoms with van der Waals surface area (Å²) in [5, 5.41) is 19.9. The summed E-state index contributed by atoms with van der Waals surface area (Å²) in [6.45, 7) is 2.04. The third-order valence-electron chi connectivity index (χ3n) is 4.20. The number of carbonyl (C=O) groups excluding carboxylic acids is 1. The Labute approximate surface area is 200 Å². The van der Waals surface area contributed by atoms with E-state index in [-0.39, 0.29) is 27.5 Å². The smallest absolute Gasteiger partial charge is 0.263 e. The summed E-state index contributed by atoms with van der Waals surface area (Å²) >= 11 is 6.82. The number of sulfonamides is 1. The van der Waals surface area contributed by atoms with Gasteiger partial charge in [0, 0.05) is 11.4 Å². The van der Waals surface area contributed by atoms with Crippen LogP contribution < -0.4 is 10.0 Å². The molecule has 170 valence electrons. The number of nitrogens with zero attached hydrogens (tertiary/aromatic N) is 4. The summed E-state index contributed by atoms with van der Waals surface area (Å²) in [4.78, 5) is 16.8. The van der Waals surface area contributed by atoms with Crippen LogP contribution in [0.4, 0.5) is 11.5 Å². The monoisotopic (exact) mass is 502 g/mol. The molecule has 1 amide bonds. The molecule has 0 fully saturated rings. The van der Waals surface area contributed by atoms with E-state index in [1.54, 1.807) is 6.07 Å². The molecule has 0 aliphatic heterocycles. The maximum absolute atomic E-state index is 12.5. The summed E-state index contributed by atoms with van der Waals surface area (Å²) in [7, 11) is -3.89. The van der Waals surface area contributed by atoms with Crippen molar-refractivity contribution in [3.8, 4) is 6.07 Å². The van der Waals surface area contributed by atoms with Crippen molar-refractivity contribution in [1.82, 2.24) is 15.2 Å². The standard InChI is InChI=1S/C21H19ClN6O3S2/c1-2-3-15-5-4-14(12-23)21(25-15)32-13-20(29)24-16-6-8-17(9-7-16)33(30,31)28-19-11-10-18(22)26-27-19/h4-11H,2-3,13H2,1H3,(H,24,29)(H,27,28). The van der Waals surface area contributed by atoms with E-state index in [0.29, 0.717) is 16.3 Å². The molecular formula is C21H19ClN6O3S2. The molecule has 0 aliphatic rings. The van der Waals surface area contributed by atoms with E-state index in [4.69, 9.17) is 11.6 Å². The number of carbonyl (C=O) groups is 1. The Morgan fingerprint density at radius 2 is 1.88 bits per heavy atom. The molecule has 0 aliphatic carbocycles. The van der Waals surface area contributed by atoms with Gasteiger partial charge in [-0.15, -0.1) is 10.2 Å². The number of nitrogens with one attached hydrogen (secondary N) is 2. The normalized spacial score (nSPS) is 10.9. The second-order valence-corrected chi connectivity index (χ2v) is 9.76. The van der Waals surface area contributed by atoms with E-state index in [1.165, 1.54) is 48.2 Å². The van der Waals surface area contributed by atoms with Gasteiger partial charge in [0.2, 0.25) is 5.91 Å². The minimum atomic E-state index is -3.89. The topological polar surface area (TPSA) is 138 Å². The molecule has 3 rings (SSSR count). The molecule has 12 heteroatoms. The van der Waals surface area contributed by atoms with Crippen LogP contribution in [-0.4, -0.2) is 35.3 Å². The summed E-state index contributed by atoms with van der Waals surface area (Å²) in [5.41, 5.74) is 1.72. The lowest BCUT2D eigenvalue weighted by molar-refractivity contribution is -0.113. The van der Waals surface area contributed by atoms with E-state index in [1.807, 2.05) is 13.0 Å². The number of rotatable bonds is 9. The molecule has 1 aromatic carbocycles. The SMILES string of the molecule is CCCc1ccc(C#N)c(SCC(=O)Nc2ccc(S(=O)(=O)Nc3ccc(Cl)nn3)cc2)n1. The molecule has 0 spiro atoms. The van der Waals surface area contributed by atoms with Crippen molar-refractivity contribution in [1.29, 1.82) is 5.26 Å². The van der Waals surface area contributed by atoms with Crippen molar-refractivity contribution < 1.29 is 13.2 Å². The van der Waals surface area contributed by atoms with Crippen LogP contribution in [0.3, 0.4) is 0 Å². The first kappa shape index (κ1) is 24.4. The van der Waals surface area contributed by atoms with E-state index < -0.39 is 10.0 Å². The molecule has 0 atom stereocenters. The Balaban J connectivity index is 1.61. The number of anilines is 2. The molecular weight excluding hydrogens is 484 g/mol. The van der Waals surface area contributed by atoms with Crippen molar-refractivity contribution in [2.75, 3.05) is 15.8 Å². The lowest BCUT2D eigenvalue weighted by Gasteiger charge is -2.09. The van der Waals surface area contributed by atoms with Crippen LogP contribution in [0.5, 0.6) is 0 Å². The van der Waals surface area contributed by atoms with Gasteiger partial charge in [-0.1, -0.05) is 36.7 Å². The molecule has 0 saturated heterocycles. The Hall–Kier alpha value is -3.20. The average molecular weight is 503 g/mol. The van der Waals surface area contributed by atoms with Crippen LogP contribution in [0.2, 0.25) is 5.15 Å². The lowest BCUT2D eigenvalue weighted by Crippen LogP contribution is -2.16. The van der Waals surface area contributed by atoms with Gasteiger partial charge < -0.3 is 5.32 Å². The van der Waals surface area contributed by atoms with Gasteiger partial charge in [0.25, 0.3) is 10.0 Å². The van der Waals surface area contributed by atoms with Crippen molar-refractivity contribution in [2.24, 2.45) is 0 Å². The Kier molecular flexibility index (Phi) is 8.21. The van der Waals surface area contributed by atoms with Gasteiger partial charge in [-0.25, -0.2) is 13.4 Å². The van der Waals surface area contributed by atoms with Crippen LogP contribution >= 0.6 is 23.4 Å². The van der Waals surface area contributed by atoms with Gasteiger partial charge in [-0.3, -0.25) is 9.52 Å². The highest BCUT2D eigenvalue weighted by Crippen LogP contribution is 2.22. The second kappa shape index (κ2) is 11.1. The predicted molar refractivity (Wildman–Crippen MR) is 127 cm³/mol. The number of amides is 1. The first-order chi connectivity index (χ1) is 15.8. The fraction of sp³-hybridized carbons (Fsp3) is 0.190. The molecule has 9 nitrogen and oxygen atoms in total. The number of hydrogen-bond donors (Lipinski definition) is 2. The zero-order valence-electron chi connectivity index (χ0n) is 17.4. The fourth-order valence-electron chi connectivity index (χ4n) is 2.68. The van der Waals surface area contributed by atoms with Gasteiger partial charge in [0.1, 0.15) is 11.1 Å². The highest BCUT2D eigenvalue weighted by molar-refractivity contribution is 8.00. The average Bonchev–Trinajstić information content (AvgIpc) is 2.80. The minimum Gasteiger partial charge on any atom is -0.325 e. The summed E-state index contributed by atoms with van der Waals surface area (Å²) in [6, 6.07) is 14.1. The number of benzene rings is 1. The van der Waals surface area contributed by atoms with Crippen LogP contribution in [0, 0.1) is 11.3 Å². The molecule has 2 heterocycles. The van der Waals surface area contributed by atoms with Crippen LogP contribution in [0.1, 0.15) is 24.6 Å². The first-order valence-corrected chi connectivity index (χ1v) is 12.6. The van der Waals surface area contributed by atoms with E-state index >= 15 is 0 Å². The predicted octanol–water partition coefficient (Wildman–Crippen LogP) is 3.88. The third kappa shape index (κ3) is 6.89. The Morgan fingerprint density at radius 1 is 1.12 bits per heavy atom. The van der Waals surface area contributed by atoms with Gasteiger partial charge in [0.15, 0.2) is 11.0 Å². The van der Waals surface area contributed by atoms with Gasteiger partial charge in [-0.05, 0) is 55.0 Å². The number of nitriles is 1. The van der Waals surface area contributed by atoms with Crippen LogP contribution in [0.15, 0.2) is 58.5 Å². The molecule has 0 bridgehead atoms. The first-order valence-electron chi connectivity index (χ1n) is 9.75. The summed E-state index contributed by atoms with van der Waals surface area (Å²) < 4.78 is 27.3. The van der Waals surface area contributed by atoms with Crippen molar-refractivity contribution >= 4 is 50.8 Å². The number of thioether (sulfide) groups is 1.